The minimum atomic E-state index is -1.22. The first-order valence-corrected chi connectivity index (χ1v) is 10.1. The average Bonchev–Trinajstić information content (AvgIpc) is 3.02. The van der Waals surface area contributed by atoms with Crippen molar-refractivity contribution < 1.29 is 29.4 Å². The fourth-order valence-electron chi connectivity index (χ4n) is 3.62. The highest BCUT2D eigenvalue weighted by Gasteiger charge is 2.43. The zero-order valence-electron chi connectivity index (χ0n) is 16.9. The molecule has 0 bridgehead atoms. The highest BCUT2D eigenvalue weighted by Crippen LogP contribution is 2.26. The molecule has 2 unspecified atom stereocenters. The lowest BCUT2D eigenvalue weighted by Gasteiger charge is -2.27. The molecule has 0 saturated heterocycles. The molecule has 8 heteroatoms. The number of unbranched alkanes of at least 4 members (excludes halogenated alkanes) is 1. The highest BCUT2D eigenvalue weighted by molar-refractivity contribution is 6.22. The number of carboxylic acids is 1. The van der Waals surface area contributed by atoms with Crippen molar-refractivity contribution in [3.63, 3.8) is 0 Å². The van der Waals surface area contributed by atoms with Crippen molar-refractivity contribution in [3.05, 3.63) is 71.3 Å². The summed E-state index contributed by atoms with van der Waals surface area (Å²) in [6.45, 7) is -0.0774. The summed E-state index contributed by atoms with van der Waals surface area (Å²) in [7, 11) is 0. The van der Waals surface area contributed by atoms with Gasteiger partial charge in [-0.1, -0.05) is 42.5 Å². The summed E-state index contributed by atoms with van der Waals surface area (Å²) in [5.41, 5.74) is 1.17. The zero-order chi connectivity index (χ0) is 22.4. The van der Waals surface area contributed by atoms with E-state index in [4.69, 9.17) is 5.11 Å². The molecule has 3 amide bonds. The maximum Gasteiger partial charge on any atom is 0.326 e. The van der Waals surface area contributed by atoms with Crippen LogP contribution in [0.25, 0.3) is 0 Å². The van der Waals surface area contributed by atoms with Crippen LogP contribution in [0.1, 0.15) is 45.5 Å². The summed E-state index contributed by atoms with van der Waals surface area (Å²) >= 11 is 0. The molecule has 1 heterocycles. The van der Waals surface area contributed by atoms with Crippen LogP contribution in [0.5, 0.6) is 0 Å². The molecule has 162 valence electrons. The number of benzene rings is 2. The van der Waals surface area contributed by atoms with E-state index < -0.39 is 35.8 Å². The number of carboxylic acid groups (broad SMARTS) is 1. The molecule has 3 rings (SSSR count). The fourth-order valence-corrected chi connectivity index (χ4v) is 3.62. The molecule has 31 heavy (non-hydrogen) atoms. The topological polar surface area (TPSA) is 124 Å². The summed E-state index contributed by atoms with van der Waals surface area (Å²) in [5, 5.41) is 20.9. The Morgan fingerprint density at radius 3 is 2.03 bits per heavy atom. The molecule has 1 aliphatic heterocycles. The van der Waals surface area contributed by atoms with Crippen LogP contribution in [0.4, 0.5) is 0 Å². The van der Waals surface area contributed by atoms with Crippen LogP contribution in [-0.2, 0) is 16.0 Å². The number of aliphatic hydroxyl groups is 1. The third-order valence-corrected chi connectivity index (χ3v) is 5.23. The molecule has 0 fully saturated rings. The predicted molar refractivity (Wildman–Crippen MR) is 111 cm³/mol. The second-order valence-electron chi connectivity index (χ2n) is 7.35. The quantitative estimate of drug-likeness (QED) is 0.393. The van der Waals surface area contributed by atoms with Crippen LogP contribution in [0.3, 0.4) is 0 Å². The van der Waals surface area contributed by atoms with Crippen LogP contribution in [0.2, 0.25) is 0 Å². The van der Waals surface area contributed by atoms with Crippen molar-refractivity contribution >= 4 is 23.7 Å². The van der Waals surface area contributed by atoms with Crippen LogP contribution >= 0.6 is 0 Å². The second kappa shape index (κ2) is 9.99. The molecule has 0 aromatic heterocycles. The molecule has 3 N–H and O–H groups in total. The fraction of sp³-hybridized carbons (Fsp3) is 0.304. The van der Waals surface area contributed by atoms with Gasteiger partial charge in [0, 0.05) is 13.0 Å². The lowest BCUT2D eigenvalue weighted by molar-refractivity contribution is -0.142. The first-order chi connectivity index (χ1) is 14.9. The van der Waals surface area contributed by atoms with E-state index in [1.54, 1.807) is 36.4 Å². The molecule has 8 nitrogen and oxygen atoms in total. The maximum absolute atomic E-state index is 13.2. The number of carbonyl (C=O) groups excluding carboxylic acids is 3. The molecule has 2 atom stereocenters. The van der Waals surface area contributed by atoms with Gasteiger partial charge < -0.3 is 15.5 Å². The number of imide groups is 1. The Kier molecular flexibility index (Phi) is 7.15. The number of hydrogen-bond donors (Lipinski definition) is 3. The van der Waals surface area contributed by atoms with E-state index in [1.807, 2.05) is 6.07 Å². The number of carbonyl (C=O) groups is 4. The van der Waals surface area contributed by atoms with Crippen molar-refractivity contribution in [1.29, 1.82) is 0 Å². The highest BCUT2D eigenvalue weighted by atomic mass is 16.4. The van der Waals surface area contributed by atoms with E-state index in [1.165, 1.54) is 12.1 Å². The number of rotatable bonds is 10. The van der Waals surface area contributed by atoms with Crippen molar-refractivity contribution in [1.82, 2.24) is 10.2 Å². The normalized spacial score (nSPS) is 14.8. The minimum Gasteiger partial charge on any atom is -0.480 e. The van der Waals surface area contributed by atoms with Gasteiger partial charge in [0.25, 0.3) is 11.8 Å². The van der Waals surface area contributed by atoms with Gasteiger partial charge in [0.05, 0.1) is 11.1 Å². The Balaban J connectivity index is 1.88. The van der Waals surface area contributed by atoms with Crippen molar-refractivity contribution in [2.24, 2.45) is 0 Å². The SMILES string of the molecule is O=C(O)C(CCCCO)NC(=O)C(Cc1ccccc1)N1C(=O)c2ccccc2C1=O. The van der Waals surface area contributed by atoms with Crippen LogP contribution in [-0.4, -0.2) is 57.5 Å². The molecule has 2 aromatic carbocycles. The lowest BCUT2D eigenvalue weighted by atomic mass is 10.0. The first kappa shape index (κ1) is 22.2. The summed E-state index contributed by atoms with van der Waals surface area (Å²) in [5.74, 6) is -3.09. The summed E-state index contributed by atoms with van der Waals surface area (Å²) < 4.78 is 0. The van der Waals surface area contributed by atoms with E-state index >= 15 is 0 Å². The molecular formula is C23H24N2O6. The Morgan fingerprint density at radius 1 is 0.903 bits per heavy atom. The van der Waals surface area contributed by atoms with Gasteiger partial charge in [0.1, 0.15) is 12.1 Å². The van der Waals surface area contributed by atoms with Crippen LogP contribution in [0.15, 0.2) is 54.6 Å². The zero-order valence-corrected chi connectivity index (χ0v) is 16.9. The number of aliphatic carboxylic acids is 1. The molecule has 0 radical (unpaired) electrons. The van der Waals surface area contributed by atoms with Gasteiger partial charge in [-0.05, 0) is 37.0 Å². The summed E-state index contributed by atoms with van der Waals surface area (Å²) in [6, 6.07) is 12.9. The molecule has 0 saturated carbocycles. The Morgan fingerprint density at radius 2 is 1.48 bits per heavy atom. The van der Waals surface area contributed by atoms with Gasteiger partial charge in [-0.15, -0.1) is 0 Å². The number of nitrogens with zero attached hydrogens (tertiary/aromatic N) is 1. The molecule has 2 aromatic rings. The number of nitrogens with one attached hydrogen (secondary N) is 1. The minimum absolute atomic E-state index is 0.0567. The van der Waals surface area contributed by atoms with Crippen molar-refractivity contribution in [2.45, 2.75) is 37.8 Å². The van der Waals surface area contributed by atoms with Gasteiger partial charge in [-0.3, -0.25) is 19.3 Å². The smallest absolute Gasteiger partial charge is 0.326 e. The van der Waals surface area contributed by atoms with Crippen molar-refractivity contribution in [3.8, 4) is 0 Å². The molecule has 0 spiro atoms. The monoisotopic (exact) mass is 424 g/mol. The van der Waals surface area contributed by atoms with Crippen molar-refractivity contribution in [2.75, 3.05) is 6.61 Å². The standard InChI is InChI=1S/C23H24N2O6/c26-13-7-6-12-18(23(30)31)24-20(27)19(14-15-8-2-1-3-9-15)25-21(28)16-10-4-5-11-17(16)22(25)29/h1-5,8-11,18-19,26H,6-7,12-14H2,(H,24,27)(H,30,31). The van der Waals surface area contributed by atoms with E-state index in [0.29, 0.717) is 12.8 Å². The van der Waals surface area contributed by atoms with Crippen LogP contribution < -0.4 is 5.32 Å². The number of aliphatic hydroxyl groups excluding tert-OH is 1. The van der Waals surface area contributed by atoms with Gasteiger partial charge >= 0.3 is 5.97 Å². The lowest BCUT2D eigenvalue weighted by Crippen LogP contribution is -2.54. The predicted octanol–water partition coefficient (Wildman–Crippen LogP) is 1.63. The van der Waals surface area contributed by atoms with E-state index in [0.717, 1.165) is 10.5 Å². The van der Waals surface area contributed by atoms with Gasteiger partial charge in [-0.25, -0.2) is 4.79 Å². The molecule has 1 aliphatic rings. The number of amides is 3. The summed E-state index contributed by atoms with van der Waals surface area (Å²) in [6.07, 6.45) is 0.999. The van der Waals surface area contributed by atoms with Gasteiger partial charge in [0.2, 0.25) is 5.91 Å². The van der Waals surface area contributed by atoms with Crippen LogP contribution in [0, 0.1) is 0 Å². The van der Waals surface area contributed by atoms with E-state index in [9.17, 15) is 24.3 Å². The second-order valence-corrected chi connectivity index (χ2v) is 7.35. The average molecular weight is 424 g/mol. The Bertz CT molecular complexity index is 940. The van der Waals surface area contributed by atoms with Gasteiger partial charge in [-0.2, -0.15) is 0 Å². The number of fused-ring (bicyclic) bond motifs is 1. The molecular weight excluding hydrogens is 400 g/mol. The largest absolute Gasteiger partial charge is 0.480 e. The third kappa shape index (κ3) is 4.97. The number of hydrogen-bond acceptors (Lipinski definition) is 5. The maximum atomic E-state index is 13.2. The third-order valence-electron chi connectivity index (χ3n) is 5.23. The Hall–Kier alpha value is -3.52. The van der Waals surface area contributed by atoms with Gasteiger partial charge in [0.15, 0.2) is 0 Å². The first-order valence-electron chi connectivity index (χ1n) is 10.1. The van der Waals surface area contributed by atoms with E-state index in [2.05, 4.69) is 5.32 Å². The molecule has 0 aliphatic carbocycles. The summed E-state index contributed by atoms with van der Waals surface area (Å²) in [4.78, 5) is 51.6. The Labute approximate surface area is 179 Å². The van der Waals surface area contributed by atoms with E-state index in [-0.39, 0.29) is 30.6 Å².